The van der Waals surface area contributed by atoms with Crippen LogP contribution in [0.4, 0.5) is 10.1 Å². The SMILES string of the molecule is Cl.O=C(Nc1ccc(-c2cccc(Oc3ccc(F)cc3)c2)cc1)C1CCNC1. The third kappa shape index (κ3) is 5.34. The number of ether oxygens (including phenoxy) is 1. The topological polar surface area (TPSA) is 50.4 Å². The van der Waals surface area contributed by atoms with E-state index < -0.39 is 0 Å². The molecule has 4 rings (SSSR count). The zero-order valence-corrected chi connectivity index (χ0v) is 16.5. The predicted octanol–water partition coefficient (Wildman–Crippen LogP) is 5.25. The molecule has 150 valence electrons. The summed E-state index contributed by atoms with van der Waals surface area (Å²) in [5.74, 6) is 1.07. The van der Waals surface area contributed by atoms with Crippen LogP contribution in [0.3, 0.4) is 0 Å². The molecule has 0 saturated carbocycles. The Labute approximate surface area is 175 Å². The van der Waals surface area contributed by atoms with Gasteiger partial charge in [-0.3, -0.25) is 4.79 Å². The molecule has 4 nitrogen and oxygen atoms in total. The Bertz CT molecular complexity index is 955. The van der Waals surface area contributed by atoms with Gasteiger partial charge in [-0.1, -0.05) is 24.3 Å². The number of hydrogen-bond donors (Lipinski definition) is 2. The van der Waals surface area contributed by atoms with Crippen molar-refractivity contribution in [3.05, 3.63) is 78.6 Å². The van der Waals surface area contributed by atoms with Crippen molar-refractivity contribution in [2.24, 2.45) is 5.92 Å². The van der Waals surface area contributed by atoms with E-state index in [0.29, 0.717) is 11.5 Å². The van der Waals surface area contributed by atoms with E-state index in [2.05, 4.69) is 10.6 Å². The summed E-state index contributed by atoms with van der Waals surface area (Å²) >= 11 is 0. The third-order valence-electron chi connectivity index (χ3n) is 4.80. The van der Waals surface area contributed by atoms with Crippen molar-refractivity contribution < 1.29 is 13.9 Å². The molecule has 0 bridgehead atoms. The van der Waals surface area contributed by atoms with E-state index in [1.807, 2.05) is 48.5 Å². The number of hydrogen-bond acceptors (Lipinski definition) is 3. The molecule has 2 N–H and O–H groups in total. The van der Waals surface area contributed by atoms with E-state index >= 15 is 0 Å². The lowest BCUT2D eigenvalue weighted by Gasteiger charge is -2.11. The summed E-state index contributed by atoms with van der Waals surface area (Å²) < 4.78 is 18.8. The van der Waals surface area contributed by atoms with Crippen LogP contribution in [0, 0.1) is 11.7 Å². The fourth-order valence-corrected chi connectivity index (χ4v) is 3.25. The van der Waals surface area contributed by atoms with E-state index in [1.165, 1.54) is 12.1 Å². The minimum absolute atomic E-state index is 0. The van der Waals surface area contributed by atoms with Crippen molar-refractivity contribution in [1.82, 2.24) is 5.32 Å². The van der Waals surface area contributed by atoms with Crippen LogP contribution in [-0.2, 0) is 4.79 Å². The lowest BCUT2D eigenvalue weighted by Crippen LogP contribution is -2.24. The molecule has 1 saturated heterocycles. The minimum atomic E-state index is -0.294. The number of carbonyl (C=O) groups excluding carboxylic acids is 1. The smallest absolute Gasteiger partial charge is 0.228 e. The van der Waals surface area contributed by atoms with E-state index in [1.54, 1.807) is 12.1 Å². The summed E-state index contributed by atoms with van der Waals surface area (Å²) in [4.78, 5) is 12.2. The predicted molar refractivity (Wildman–Crippen MR) is 115 cm³/mol. The number of carbonyl (C=O) groups is 1. The van der Waals surface area contributed by atoms with Gasteiger partial charge in [0.1, 0.15) is 17.3 Å². The Hall–Kier alpha value is -2.89. The maximum atomic E-state index is 13.0. The van der Waals surface area contributed by atoms with E-state index in [4.69, 9.17) is 4.74 Å². The number of amides is 1. The highest BCUT2D eigenvalue weighted by molar-refractivity contribution is 5.93. The number of benzene rings is 3. The molecule has 1 aliphatic heterocycles. The summed E-state index contributed by atoms with van der Waals surface area (Å²) in [6.07, 6.45) is 0.880. The summed E-state index contributed by atoms with van der Waals surface area (Å²) in [6, 6.07) is 21.4. The quantitative estimate of drug-likeness (QED) is 0.601. The second-order valence-electron chi connectivity index (χ2n) is 6.84. The minimum Gasteiger partial charge on any atom is -0.457 e. The molecular weight excluding hydrogens is 391 g/mol. The van der Waals surface area contributed by atoms with Gasteiger partial charge >= 0.3 is 0 Å². The molecule has 29 heavy (non-hydrogen) atoms. The Kier molecular flexibility index (Phi) is 6.86. The zero-order chi connectivity index (χ0) is 19.3. The highest BCUT2D eigenvalue weighted by Gasteiger charge is 2.22. The van der Waals surface area contributed by atoms with Gasteiger partial charge in [0.15, 0.2) is 0 Å². The van der Waals surface area contributed by atoms with Crippen LogP contribution in [0.25, 0.3) is 11.1 Å². The Morgan fingerprint density at radius 3 is 2.41 bits per heavy atom. The first-order valence-electron chi connectivity index (χ1n) is 9.33. The summed E-state index contributed by atoms with van der Waals surface area (Å²) in [5, 5.41) is 6.18. The molecule has 0 spiro atoms. The van der Waals surface area contributed by atoms with E-state index in [-0.39, 0.29) is 30.0 Å². The Morgan fingerprint density at radius 1 is 0.966 bits per heavy atom. The van der Waals surface area contributed by atoms with Crippen molar-refractivity contribution in [3.8, 4) is 22.6 Å². The standard InChI is InChI=1S/C23H21FN2O2.ClH/c24-19-6-10-21(11-7-19)28-22-3-1-2-17(14-22)16-4-8-20(9-5-16)26-23(27)18-12-13-25-15-18;/h1-11,14,18,25H,12-13,15H2,(H,26,27);1H. The van der Waals surface area contributed by atoms with Gasteiger partial charge in [-0.05, 0) is 72.6 Å². The van der Waals surface area contributed by atoms with Gasteiger partial charge in [-0.15, -0.1) is 12.4 Å². The summed E-state index contributed by atoms with van der Waals surface area (Å²) in [5.41, 5.74) is 2.81. The van der Waals surface area contributed by atoms with Gasteiger partial charge in [0.2, 0.25) is 5.91 Å². The molecule has 0 aromatic heterocycles. The first-order chi connectivity index (χ1) is 13.7. The number of nitrogens with one attached hydrogen (secondary N) is 2. The van der Waals surface area contributed by atoms with Gasteiger partial charge in [0, 0.05) is 12.2 Å². The molecule has 1 unspecified atom stereocenters. The zero-order valence-electron chi connectivity index (χ0n) is 15.7. The van der Waals surface area contributed by atoms with Crippen molar-refractivity contribution in [2.45, 2.75) is 6.42 Å². The average molecular weight is 413 g/mol. The van der Waals surface area contributed by atoms with Crippen molar-refractivity contribution in [1.29, 1.82) is 0 Å². The summed E-state index contributed by atoms with van der Waals surface area (Å²) in [7, 11) is 0. The van der Waals surface area contributed by atoms with Crippen LogP contribution in [0.5, 0.6) is 11.5 Å². The molecular formula is C23H22ClFN2O2. The molecule has 3 aromatic carbocycles. The molecule has 0 aliphatic carbocycles. The fourth-order valence-electron chi connectivity index (χ4n) is 3.25. The third-order valence-corrected chi connectivity index (χ3v) is 4.80. The van der Waals surface area contributed by atoms with E-state index in [9.17, 15) is 9.18 Å². The first-order valence-corrected chi connectivity index (χ1v) is 9.33. The van der Waals surface area contributed by atoms with Crippen LogP contribution in [0.15, 0.2) is 72.8 Å². The highest BCUT2D eigenvalue weighted by Crippen LogP contribution is 2.28. The molecule has 1 fully saturated rings. The maximum absolute atomic E-state index is 13.0. The molecule has 1 aliphatic rings. The van der Waals surface area contributed by atoms with Gasteiger partial charge < -0.3 is 15.4 Å². The van der Waals surface area contributed by atoms with Crippen LogP contribution in [0.2, 0.25) is 0 Å². The van der Waals surface area contributed by atoms with Crippen LogP contribution in [-0.4, -0.2) is 19.0 Å². The molecule has 3 aromatic rings. The van der Waals surface area contributed by atoms with Gasteiger partial charge in [-0.2, -0.15) is 0 Å². The Morgan fingerprint density at radius 2 is 1.72 bits per heavy atom. The molecule has 6 heteroatoms. The number of halogens is 2. The molecule has 1 atom stereocenters. The van der Waals surface area contributed by atoms with Gasteiger partial charge in [0.05, 0.1) is 5.92 Å². The number of rotatable bonds is 5. The summed E-state index contributed by atoms with van der Waals surface area (Å²) in [6.45, 7) is 1.64. The van der Waals surface area contributed by atoms with Crippen LogP contribution < -0.4 is 15.4 Å². The van der Waals surface area contributed by atoms with Crippen LogP contribution >= 0.6 is 12.4 Å². The fraction of sp³-hybridized carbons (Fsp3) is 0.174. The van der Waals surface area contributed by atoms with Crippen molar-refractivity contribution in [2.75, 3.05) is 18.4 Å². The number of anilines is 1. The van der Waals surface area contributed by atoms with Crippen molar-refractivity contribution >= 4 is 24.0 Å². The van der Waals surface area contributed by atoms with E-state index in [0.717, 1.165) is 36.3 Å². The highest BCUT2D eigenvalue weighted by atomic mass is 35.5. The van der Waals surface area contributed by atoms with Crippen LogP contribution in [0.1, 0.15) is 6.42 Å². The molecule has 1 amide bonds. The normalized spacial score (nSPS) is 15.4. The second-order valence-corrected chi connectivity index (χ2v) is 6.84. The lowest BCUT2D eigenvalue weighted by molar-refractivity contribution is -0.119. The second kappa shape index (κ2) is 9.54. The first kappa shape index (κ1) is 20.8. The molecule has 0 radical (unpaired) electrons. The maximum Gasteiger partial charge on any atom is 0.228 e. The Balaban J connectivity index is 0.00000240. The lowest BCUT2D eigenvalue weighted by atomic mass is 10.0. The monoisotopic (exact) mass is 412 g/mol. The molecule has 1 heterocycles. The average Bonchev–Trinajstić information content (AvgIpc) is 3.26. The van der Waals surface area contributed by atoms with Crippen molar-refractivity contribution in [3.63, 3.8) is 0 Å². The van der Waals surface area contributed by atoms with Gasteiger partial charge in [0.25, 0.3) is 0 Å². The van der Waals surface area contributed by atoms with Gasteiger partial charge in [-0.25, -0.2) is 4.39 Å². The largest absolute Gasteiger partial charge is 0.457 e.